The third-order valence-corrected chi connectivity index (χ3v) is 4.25. The summed E-state index contributed by atoms with van der Waals surface area (Å²) in [7, 11) is 0. The number of benzene rings is 1. The third kappa shape index (κ3) is 2.19. The highest BCUT2D eigenvalue weighted by Crippen LogP contribution is 2.23. The van der Waals surface area contributed by atoms with Gasteiger partial charge in [0.15, 0.2) is 5.65 Å². The predicted molar refractivity (Wildman–Crippen MR) is 92.1 cm³/mol. The van der Waals surface area contributed by atoms with Crippen LogP contribution in [0, 0.1) is 6.92 Å². The van der Waals surface area contributed by atoms with Gasteiger partial charge >= 0.3 is 0 Å². The second kappa shape index (κ2) is 5.58. The fraction of sp³-hybridized carbons (Fsp3) is 0.167. The Morgan fingerprint density at radius 2 is 2.04 bits per heavy atom. The van der Waals surface area contributed by atoms with Crippen molar-refractivity contribution in [1.29, 1.82) is 0 Å². The van der Waals surface area contributed by atoms with Crippen LogP contribution >= 0.6 is 0 Å². The summed E-state index contributed by atoms with van der Waals surface area (Å²) in [6.45, 7) is 2.42. The molecule has 120 valence electrons. The molecule has 24 heavy (non-hydrogen) atoms. The van der Waals surface area contributed by atoms with Crippen molar-refractivity contribution in [3.63, 3.8) is 0 Å². The second-order valence-corrected chi connectivity index (χ2v) is 5.78. The molecular weight excluding hydrogens is 302 g/mol. The maximum Gasteiger partial charge on any atom is 0.262 e. The van der Waals surface area contributed by atoms with E-state index >= 15 is 0 Å². The minimum absolute atomic E-state index is 0.0855. The number of carbonyl (C=O) groups is 1. The lowest BCUT2D eigenvalue weighted by Gasteiger charge is -2.05. The summed E-state index contributed by atoms with van der Waals surface area (Å²) in [4.78, 5) is 13.0. The molecule has 6 nitrogen and oxygen atoms in total. The lowest BCUT2D eigenvalue weighted by molar-refractivity contribution is 0.0965. The molecule has 0 atom stereocenters. The number of hydrogen-bond donors (Lipinski definition) is 1. The van der Waals surface area contributed by atoms with Crippen molar-refractivity contribution in [1.82, 2.24) is 19.2 Å². The van der Waals surface area contributed by atoms with Gasteiger partial charge < -0.3 is 5.73 Å². The third-order valence-electron chi connectivity index (χ3n) is 4.25. The first-order chi connectivity index (χ1) is 11.7. The summed E-state index contributed by atoms with van der Waals surface area (Å²) in [5.41, 5.74) is 8.92. The van der Waals surface area contributed by atoms with E-state index in [1.54, 1.807) is 16.7 Å². The van der Waals surface area contributed by atoms with Crippen molar-refractivity contribution in [2.24, 2.45) is 5.73 Å². The molecule has 6 heteroatoms. The number of para-hydroxylation sites is 1. The number of carbonyl (C=O) groups excluding carboxylic acids is 1. The Bertz CT molecular complexity index is 1060. The van der Waals surface area contributed by atoms with E-state index in [0.717, 1.165) is 28.7 Å². The molecular formula is C18H17N5O. The van der Waals surface area contributed by atoms with Gasteiger partial charge in [-0.1, -0.05) is 18.2 Å². The van der Waals surface area contributed by atoms with E-state index < -0.39 is 0 Å². The van der Waals surface area contributed by atoms with Crippen molar-refractivity contribution in [3.05, 3.63) is 65.7 Å². The average molecular weight is 319 g/mol. The lowest BCUT2D eigenvalue weighted by atomic mass is 10.1. The Morgan fingerprint density at radius 3 is 2.88 bits per heavy atom. The number of hydrogen-bond acceptors (Lipinski definition) is 4. The van der Waals surface area contributed by atoms with Crippen LogP contribution in [0.5, 0.6) is 0 Å². The van der Waals surface area contributed by atoms with Gasteiger partial charge in [0.05, 0.1) is 5.52 Å². The SMILES string of the molecule is Cc1nnc2cc(C(=O)n3cc(CCN)c4ccccc43)ccn12. The van der Waals surface area contributed by atoms with Crippen LogP contribution in [0.1, 0.15) is 21.7 Å². The van der Waals surface area contributed by atoms with Crippen LogP contribution < -0.4 is 5.73 Å². The molecule has 0 saturated heterocycles. The highest BCUT2D eigenvalue weighted by molar-refractivity contribution is 6.03. The normalized spacial score (nSPS) is 11.4. The Morgan fingerprint density at radius 1 is 1.21 bits per heavy atom. The molecule has 1 aromatic carbocycles. The van der Waals surface area contributed by atoms with Crippen molar-refractivity contribution in [2.45, 2.75) is 13.3 Å². The van der Waals surface area contributed by atoms with Gasteiger partial charge in [0.25, 0.3) is 5.91 Å². The monoisotopic (exact) mass is 319 g/mol. The minimum Gasteiger partial charge on any atom is -0.330 e. The summed E-state index contributed by atoms with van der Waals surface area (Å²) in [6, 6.07) is 11.4. The van der Waals surface area contributed by atoms with E-state index in [2.05, 4.69) is 10.2 Å². The van der Waals surface area contributed by atoms with Crippen LogP contribution in [0.2, 0.25) is 0 Å². The van der Waals surface area contributed by atoms with Gasteiger partial charge in [-0.3, -0.25) is 13.8 Å². The zero-order chi connectivity index (χ0) is 16.7. The van der Waals surface area contributed by atoms with E-state index in [9.17, 15) is 4.79 Å². The molecule has 0 saturated carbocycles. The van der Waals surface area contributed by atoms with Gasteiger partial charge in [-0.05, 0) is 43.7 Å². The van der Waals surface area contributed by atoms with E-state index in [-0.39, 0.29) is 5.91 Å². The van der Waals surface area contributed by atoms with E-state index in [0.29, 0.717) is 17.8 Å². The molecule has 0 aliphatic carbocycles. The summed E-state index contributed by atoms with van der Waals surface area (Å²) >= 11 is 0. The number of pyridine rings is 1. The Labute approximate surface area is 138 Å². The summed E-state index contributed by atoms with van der Waals surface area (Å²) in [5.74, 6) is 0.707. The van der Waals surface area contributed by atoms with Crippen LogP contribution in [0.4, 0.5) is 0 Å². The van der Waals surface area contributed by atoms with Crippen molar-refractivity contribution >= 4 is 22.5 Å². The fourth-order valence-corrected chi connectivity index (χ4v) is 3.06. The number of rotatable bonds is 3. The van der Waals surface area contributed by atoms with Crippen LogP contribution in [0.15, 0.2) is 48.8 Å². The summed E-state index contributed by atoms with van der Waals surface area (Å²) in [5, 5.41) is 9.18. The van der Waals surface area contributed by atoms with Gasteiger partial charge in [-0.2, -0.15) is 0 Å². The van der Waals surface area contributed by atoms with E-state index in [4.69, 9.17) is 5.73 Å². The first-order valence-corrected chi connectivity index (χ1v) is 7.84. The van der Waals surface area contributed by atoms with Gasteiger partial charge in [-0.15, -0.1) is 10.2 Å². The molecule has 0 aliphatic heterocycles. The molecule has 3 heterocycles. The highest BCUT2D eigenvalue weighted by Gasteiger charge is 2.16. The van der Waals surface area contributed by atoms with Crippen LogP contribution in [0.3, 0.4) is 0 Å². The number of aromatic nitrogens is 4. The number of nitrogens with zero attached hydrogens (tertiary/aromatic N) is 4. The Hall–Kier alpha value is -2.99. The quantitative estimate of drug-likeness (QED) is 0.628. The average Bonchev–Trinajstić information content (AvgIpc) is 3.16. The molecule has 0 amide bonds. The minimum atomic E-state index is -0.0855. The molecule has 0 fully saturated rings. The molecule has 4 rings (SSSR count). The molecule has 3 aromatic heterocycles. The lowest BCUT2D eigenvalue weighted by Crippen LogP contribution is -2.11. The molecule has 0 unspecified atom stereocenters. The molecule has 4 aromatic rings. The molecule has 0 radical (unpaired) electrons. The van der Waals surface area contributed by atoms with E-state index in [1.165, 1.54) is 0 Å². The predicted octanol–water partition coefficient (Wildman–Crippen LogP) is 2.18. The zero-order valence-corrected chi connectivity index (χ0v) is 13.3. The maximum absolute atomic E-state index is 13.0. The van der Waals surface area contributed by atoms with Crippen LogP contribution in [0.25, 0.3) is 16.6 Å². The summed E-state index contributed by atoms with van der Waals surface area (Å²) in [6.07, 6.45) is 4.45. The number of fused-ring (bicyclic) bond motifs is 2. The van der Waals surface area contributed by atoms with E-state index in [1.807, 2.05) is 48.0 Å². The summed E-state index contributed by atoms with van der Waals surface area (Å²) < 4.78 is 3.54. The van der Waals surface area contributed by atoms with Crippen LogP contribution in [-0.4, -0.2) is 31.6 Å². The smallest absolute Gasteiger partial charge is 0.262 e. The van der Waals surface area contributed by atoms with Crippen molar-refractivity contribution in [3.8, 4) is 0 Å². The maximum atomic E-state index is 13.0. The number of aryl methyl sites for hydroxylation is 1. The zero-order valence-electron chi connectivity index (χ0n) is 13.3. The molecule has 0 aliphatic rings. The van der Waals surface area contributed by atoms with Crippen LogP contribution in [-0.2, 0) is 6.42 Å². The fourth-order valence-electron chi connectivity index (χ4n) is 3.06. The first-order valence-electron chi connectivity index (χ1n) is 7.84. The Balaban J connectivity index is 1.84. The first kappa shape index (κ1) is 14.6. The molecule has 0 spiro atoms. The van der Waals surface area contributed by atoms with Gasteiger partial charge in [0.2, 0.25) is 0 Å². The molecule has 0 bridgehead atoms. The van der Waals surface area contributed by atoms with Gasteiger partial charge in [0, 0.05) is 23.3 Å². The Kier molecular flexibility index (Phi) is 3.39. The van der Waals surface area contributed by atoms with Crippen molar-refractivity contribution in [2.75, 3.05) is 6.54 Å². The highest BCUT2D eigenvalue weighted by atomic mass is 16.2. The number of nitrogens with two attached hydrogens (primary N) is 1. The largest absolute Gasteiger partial charge is 0.330 e. The second-order valence-electron chi connectivity index (χ2n) is 5.78. The molecule has 2 N–H and O–H groups in total. The van der Waals surface area contributed by atoms with Gasteiger partial charge in [-0.25, -0.2) is 0 Å². The standard InChI is InChI=1S/C18H17N5O/c1-12-20-21-17-10-13(7-9-22(12)17)18(24)23-11-14(6-8-19)15-4-2-3-5-16(15)23/h2-5,7,9-11H,6,8,19H2,1H3. The van der Waals surface area contributed by atoms with Crippen molar-refractivity contribution < 1.29 is 4.79 Å². The topological polar surface area (TPSA) is 78.2 Å². The van der Waals surface area contributed by atoms with Gasteiger partial charge in [0.1, 0.15) is 5.82 Å².